The zero-order chi connectivity index (χ0) is 14.1. The highest BCUT2D eigenvalue weighted by Gasteiger charge is 2.41. The fraction of sp³-hybridized carbons (Fsp3) is 0.214. The molecule has 2 aromatic rings. The van der Waals surface area contributed by atoms with Crippen LogP contribution in [0.4, 0.5) is 5.82 Å². The molecule has 102 valence electrons. The van der Waals surface area contributed by atoms with Gasteiger partial charge in [0.05, 0.1) is 12.1 Å². The molecular formula is C14H14N4O2. The zero-order valence-electron chi connectivity index (χ0n) is 10.7. The summed E-state index contributed by atoms with van der Waals surface area (Å²) in [6, 6.07) is 9.31. The molecule has 0 spiro atoms. The second-order valence-corrected chi connectivity index (χ2v) is 4.68. The Morgan fingerprint density at radius 2 is 2.05 bits per heavy atom. The van der Waals surface area contributed by atoms with Crippen LogP contribution in [0.1, 0.15) is 23.5 Å². The van der Waals surface area contributed by atoms with Gasteiger partial charge in [-0.05, 0) is 5.56 Å². The van der Waals surface area contributed by atoms with Crippen molar-refractivity contribution in [3.8, 4) is 0 Å². The van der Waals surface area contributed by atoms with Gasteiger partial charge in [-0.25, -0.2) is 4.90 Å². The third kappa shape index (κ3) is 1.90. The van der Waals surface area contributed by atoms with Crippen molar-refractivity contribution >= 4 is 17.6 Å². The van der Waals surface area contributed by atoms with Gasteiger partial charge in [-0.15, -0.1) is 0 Å². The number of amides is 2. The Morgan fingerprint density at radius 1 is 1.30 bits per heavy atom. The number of aromatic nitrogens is 2. The lowest BCUT2D eigenvalue weighted by Gasteiger charge is -2.14. The molecular weight excluding hydrogens is 256 g/mol. The molecule has 2 heterocycles. The van der Waals surface area contributed by atoms with Crippen molar-refractivity contribution in [2.24, 2.45) is 5.73 Å². The summed E-state index contributed by atoms with van der Waals surface area (Å²) in [4.78, 5) is 25.8. The lowest BCUT2D eigenvalue weighted by atomic mass is 9.98. The first kappa shape index (κ1) is 12.6. The SMILES string of the molecule is NCc1cn[nH]c1N1C(=O)CC(c2ccccc2)C1=O. The molecule has 1 aliphatic heterocycles. The molecule has 0 saturated carbocycles. The van der Waals surface area contributed by atoms with Crippen molar-refractivity contribution < 1.29 is 9.59 Å². The first-order valence-corrected chi connectivity index (χ1v) is 6.36. The Hall–Kier alpha value is -2.47. The molecule has 1 aliphatic rings. The number of aromatic amines is 1. The van der Waals surface area contributed by atoms with Crippen LogP contribution in [0.5, 0.6) is 0 Å². The molecule has 1 saturated heterocycles. The Bertz CT molecular complexity index is 650. The normalized spacial score (nSPS) is 18.9. The van der Waals surface area contributed by atoms with E-state index in [0.717, 1.165) is 10.5 Å². The van der Waals surface area contributed by atoms with Crippen LogP contribution in [0.2, 0.25) is 0 Å². The van der Waals surface area contributed by atoms with Gasteiger partial charge in [0.2, 0.25) is 11.8 Å². The third-order valence-electron chi connectivity index (χ3n) is 3.49. The molecule has 1 aromatic heterocycles. The highest BCUT2D eigenvalue weighted by molar-refractivity contribution is 6.22. The van der Waals surface area contributed by atoms with Crippen molar-refractivity contribution in [3.63, 3.8) is 0 Å². The van der Waals surface area contributed by atoms with Crippen LogP contribution >= 0.6 is 0 Å². The zero-order valence-corrected chi connectivity index (χ0v) is 10.7. The third-order valence-corrected chi connectivity index (χ3v) is 3.49. The standard InChI is InChI=1S/C14H14N4O2/c15-7-10-8-16-17-13(10)18-12(19)6-11(14(18)20)9-4-2-1-3-5-9/h1-5,8,11H,6-7,15H2,(H,16,17). The van der Waals surface area contributed by atoms with Gasteiger partial charge in [-0.2, -0.15) is 5.10 Å². The minimum absolute atomic E-state index is 0.172. The maximum absolute atomic E-state index is 12.5. The smallest absolute Gasteiger partial charge is 0.243 e. The van der Waals surface area contributed by atoms with Crippen molar-refractivity contribution in [3.05, 3.63) is 47.7 Å². The largest absolute Gasteiger partial charge is 0.326 e. The van der Waals surface area contributed by atoms with Gasteiger partial charge in [-0.1, -0.05) is 30.3 Å². The molecule has 2 amide bonds. The van der Waals surface area contributed by atoms with Gasteiger partial charge in [0, 0.05) is 18.5 Å². The summed E-state index contributed by atoms with van der Waals surface area (Å²) in [6.45, 7) is 0.221. The topological polar surface area (TPSA) is 92.1 Å². The number of rotatable bonds is 3. The summed E-state index contributed by atoms with van der Waals surface area (Å²) in [6.07, 6.45) is 1.71. The molecule has 0 bridgehead atoms. The van der Waals surface area contributed by atoms with Crippen molar-refractivity contribution in [2.45, 2.75) is 18.9 Å². The first-order chi connectivity index (χ1) is 9.72. The number of carbonyl (C=O) groups is 2. The molecule has 20 heavy (non-hydrogen) atoms. The number of nitrogens with zero attached hydrogens (tertiary/aromatic N) is 2. The molecule has 0 aliphatic carbocycles. The van der Waals surface area contributed by atoms with Crippen molar-refractivity contribution in [1.82, 2.24) is 10.2 Å². The van der Waals surface area contributed by atoms with Crippen molar-refractivity contribution in [2.75, 3.05) is 4.90 Å². The van der Waals surface area contributed by atoms with E-state index in [1.165, 1.54) is 6.20 Å². The Kier molecular flexibility index (Phi) is 3.08. The summed E-state index contributed by atoms with van der Waals surface area (Å²) < 4.78 is 0. The predicted molar refractivity (Wildman–Crippen MR) is 72.8 cm³/mol. The van der Waals surface area contributed by atoms with Gasteiger partial charge >= 0.3 is 0 Å². The summed E-state index contributed by atoms with van der Waals surface area (Å²) in [5.74, 6) is -0.512. The lowest BCUT2D eigenvalue weighted by Crippen LogP contribution is -2.31. The monoisotopic (exact) mass is 270 g/mol. The molecule has 6 nitrogen and oxygen atoms in total. The fourth-order valence-electron chi connectivity index (χ4n) is 2.46. The second kappa shape index (κ2) is 4.90. The molecule has 1 atom stereocenters. The van der Waals surface area contributed by atoms with E-state index in [1.807, 2.05) is 30.3 Å². The highest BCUT2D eigenvalue weighted by atomic mass is 16.2. The van der Waals surface area contributed by atoms with E-state index in [0.29, 0.717) is 11.4 Å². The molecule has 3 rings (SSSR count). The number of carbonyl (C=O) groups excluding carboxylic acids is 2. The van der Waals surface area contributed by atoms with E-state index in [4.69, 9.17) is 5.73 Å². The van der Waals surface area contributed by atoms with Gasteiger partial charge in [0.1, 0.15) is 5.82 Å². The maximum Gasteiger partial charge on any atom is 0.243 e. The van der Waals surface area contributed by atoms with Gasteiger partial charge in [0.15, 0.2) is 0 Å². The Balaban J connectivity index is 1.96. The summed E-state index contributed by atoms with van der Waals surface area (Å²) >= 11 is 0. The molecule has 1 fully saturated rings. The molecule has 1 aromatic carbocycles. The van der Waals surface area contributed by atoms with E-state index in [1.54, 1.807) is 0 Å². The fourth-order valence-corrected chi connectivity index (χ4v) is 2.46. The molecule has 0 radical (unpaired) electrons. The number of nitrogens with two attached hydrogens (primary N) is 1. The number of imide groups is 1. The van der Waals surface area contributed by atoms with Crippen LogP contribution in [-0.2, 0) is 16.1 Å². The first-order valence-electron chi connectivity index (χ1n) is 6.36. The van der Waals surface area contributed by atoms with Crippen molar-refractivity contribution in [1.29, 1.82) is 0 Å². The quantitative estimate of drug-likeness (QED) is 0.811. The minimum Gasteiger partial charge on any atom is -0.326 e. The van der Waals surface area contributed by atoms with Crippen LogP contribution < -0.4 is 10.6 Å². The Labute approximate surface area is 115 Å². The predicted octanol–water partition coefficient (Wildman–Crippen LogP) is 0.915. The molecule has 6 heteroatoms. The maximum atomic E-state index is 12.5. The number of nitrogens with one attached hydrogen (secondary N) is 1. The van der Waals surface area contributed by atoms with Crippen LogP contribution in [0.25, 0.3) is 0 Å². The van der Waals surface area contributed by atoms with E-state index in [2.05, 4.69) is 10.2 Å². The summed E-state index contributed by atoms with van der Waals surface area (Å²) in [5.41, 5.74) is 7.09. The van der Waals surface area contributed by atoms with Crippen LogP contribution in [0, 0.1) is 0 Å². The average molecular weight is 270 g/mol. The average Bonchev–Trinajstić information content (AvgIpc) is 3.04. The van der Waals surface area contributed by atoms with Crippen LogP contribution in [0.15, 0.2) is 36.5 Å². The number of anilines is 1. The molecule has 1 unspecified atom stereocenters. The summed E-state index contributed by atoms with van der Waals surface area (Å²) in [7, 11) is 0. The van der Waals surface area contributed by atoms with E-state index >= 15 is 0 Å². The number of H-pyrrole nitrogens is 1. The van der Waals surface area contributed by atoms with E-state index in [-0.39, 0.29) is 24.8 Å². The van der Waals surface area contributed by atoms with Gasteiger partial charge in [0.25, 0.3) is 0 Å². The Morgan fingerprint density at radius 3 is 2.75 bits per heavy atom. The lowest BCUT2D eigenvalue weighted by molar-refractivity contribution is -0.121. The number of benzene rings is 1. The minimum atomic E-state index is -0.433. The van der Waals surface area contributed by atoms with E-state index < -0.39 is 5.92 Å². The number of hydrogen-bond acceptors (Lipinski definition) is 4. The van der Waals surface area contributed by atoms with E-state index in [9.17, 15) is 9.59 Å². The van der Waals surface area contributed by atoms with Gasteiger partial charge in [-0.3, -0.25) is 14.7 Å². The van der Waals surface area contributed by atoms with Gasteiger partial charge < -0.3 is 5.73 Å². The second-order valence-electron chi connectivity index (χ2n) is 4.68. The summed E-state index contributed by atoms with van der Waals surface area (Å²) in [5, 5.41) is 6.54. The number of hydrogen-bond donors (Lipinski definition) is 2. The molecule has 3 N–H and O–H groups in total. The van der Waals surface area contributed by atoms with Crippen LogP contribution in [-0.4, -0.2) is 22.0 Å². The van der Waals surface area contributed by atoms with Crippen LogP contribution in [0.3, 0.4) is 0 Å². The highest BCUT2D eigenvalue weighted by Crippen LogP contribution is 2.33.